The number of carbonyl (C=O) groups is 1. The maximum atomic E-state index is 12.3. The second-order valence-corrected chi connectivity index (χ2v) is 5.82. The number of aromatic nitrogens is 1. The average molecular weight is 362 g/mol. The maximum Gasteiger partial charge on any atom is 0.323 e. The lowest BCUT2D eigenvalue weighted by atomic mass is 10.1. The van der Waals surface area contributed by atoms with Crippen molar-refractivity contribution in [3.8, 4) is 11.3 Å². The molecule has 3 aromatic rings. The maximum absolute atomic E-state index is 12.3. The van der Waals surface area contributed by atoms with Crippen molar-refractivity contribution in [3.63, 3.8) is 0 Å². The molecule has 0 saturated carbocycles. The van der Waals surface area contributed by atoms with Crippen LogP contribution in [0.1, 0.15) is 5.76 Å². The molecule has 2 amide bonds. The predicted octanol–water partition coefficient (Wildman–Crippen LogP) is 5.60. The zero-order valence-corrected chi connectivity index (χ0v) is 14.2. The zero-order chi connectivity index (χ0) is 17.1. The second-order valence-electron chi connectivity index (χ2n) is 5.00. The number of urea groups is 1. The van der Waals surface area contributed by atoms with Crippen LogP contribution in [-0.2, 0) is 0 Å². The van der Waals surface area contributed by atoms with E-state index in [4.69, 9.17) is 27.7 Å². The van der Waals surface area contributed by atoms with Crippen molar-refractivity contribution in [2.45, 2.75) is 6.92 Å². The van der Waals surface area contributed by atoms with Crippen LogP contribution in [0.2, 0.25) is 10.0 Å². The van der Waals surface area contributed by atoms with E-state index in [2.05, 4.69) is 15.8 Å². The van der Waals surface area contributed by atoms with Gasteiger partial charge in [-0.2, -0.15) is 0 Å². The molecule has 0 radical (unpaired) electrons. The third-order valence-electron chi connectivity index (χ3n) is 3.35. The number of hydrogen-bond acceptors (Lipinski definition) is 3. The van der Waals surface area contributed by atoms with E-state index in [1.165, 1.54) is 0 Å². The summed E-state index contributed by atoms with van der Waals surface area (Å²) in [6.45, 7) is 1.72. The normalized spacial score (nSPS) is 10.5. The molecule has 0 aliphatic rings. The molecule has 0 aliphatic heterocycles. The highest BCUT2D eigenvalue weighted by molar-refractivity contribution is 6.39. The van der Waals surface area contributed by atoms with Crippen LogP contribution in [0.4, 0.5) is 16.2 Å². The Morgan fingerprint density at radius 3 is 2.25 bits per heavy atom. The molecular formula is C17H13Cl2N3O2. The van der Waals surface area contributed by atoms with Crippen LogP contribution in [0.3, 0.4) is 0 Å². The number of carbonyl (C=O) groups excluding carboxylic acids is 1. The molecule has 5 nitrogen and oxygen atoms in total. The first-order chi connectivity index (χ1) is 11.6. The molecule has 0 bridgehead atoms. The Bertz CT molecular complexity index is 859. The molecule has 122 valence electrons. The second kappa shape index (κ2) is 6.95. The van der Waals surface area contributed by atoms with E-state index in [1.807, 2.05) is 30.3 Å². The van der Waals surface area contributed by atoms with Gasteiger partial charge in [-0.25, -0.2) is 4.79 Å². The van der Waals surface area contributed by atoms with Crippen LogP contribution in [0.5, 0.6) is 0 Å². The van der Waals surface area contributed by atoms with Crippen molar-refractivity contribution < 1.29 is 9.32 Å². The van der Waals surface area contributed by atoms with Crippen LogP contribution in [-0.4, -0.2) is 11.2 Å². The van der Waals surface area contributed by atoms with E-state index < -0.39 is 6.03 Å². The summed E-state index contributed by atoms with van der Waals surface area (Å²) in [5.74, 6) is 0.495. The van der Waals surface area contributed by atoms with Gasteiger partial charge in [-0.1, -0.05) is 64.8 Å². The van der Waals surface area contributed by atoms with Crippen molar-refractivity contribution in [1.29, 1.82) is 0 Å². The lowest BCUT2D eigenvalue weighted by molar-refractivity contribution is 0.262. The van der Waals surface area contributed by atoms with Gasteiger partial charge in [0.05, 0.1) is 15.7 Å². The van der Waals surface area contributed by atoms with Crippen LogP contribution < -0.4 is 10.6 Å². The lowest BCUT2D eigenvalue weighted by Gasteiger charge is -2.10. The minimum absolute atomic E-state index is 0.341. The van der Waals surface area contributed by atoms with E-state index >= 15 is 0 Å². The molecule has 0 spiro atoms. The van der Waals surface area contributed by atoms with E-state index in [0.29, 0.717) is 32.9 Å². The first-order valence-electron chi connectivity index (χ1n) is 7.10. The number of benzene rings is 2. The quantitative estimate of drug-likeness (QED) is 0.637. The Labute approximate surface area is 148 Å². The number of nitrogens with zero attached hydrogens (tertiary/aromatic N) is 1. The highest BCUT2D eigenvalue weighted by Gasteiger charge is 2.18. The number of halogens is 2. The molecule has 1 heterocycles. The van der Waals surface area contributed by atoms with Gasteiger partial charge in [0.2, 0.25) is 0 Å². The minimum atomic E-state index is -0.492. The summed E-state index contributed by atoms with van der Waals surface area (Å²) in [6.07, 6.45) is 0. The van der Waals surface area contributed by atoms with Gasteiger partial charge < -0.3 is 15.2 Å². The van der Waals surface area contributed by atoms with Crippen LogP contribution >= 0.6 is 23.2 Å². The van der Waals surface area contributed by atoms with Gasteiger partial charge in [-0.05, 0) is 19.1 Å². The standard InChI is InChI=1S/C17H13Cl2N3O2/c1-10-14(15(22-24-10)11-6-3-2-4-7-11)20-17(23)21-16-12(18)8-5-9-13(16)19/h2-9H,1H3,(H2,20,21,23). The van der Waals surface area contributed by atoms with Crippen LogP contribution in [0.25, 0.3) is 11.3 Å². The van der Waals surface area contributed by atoms with E-state index in [0.717, 1.165) is 5.56 Å². The number of anilines is 2. The van der Waals surface area contributed by atoms with Crippen LogP contribution in [0.15, 0.2) is 53.1 Å². The topological polar surface area (TPSA) is 67.2 Å². The molecule has 0 fully saturated rings. The first kappa shape index (κ1) is 16.4. The van der Waals surface area contributed by atoms with Crippen molar-refractivity contribution in [2.75, 3.05) is 10.6 Å². The first-order valence-corrected chi connectivity index (χ1v) is 7.85. The van der Waals surface area contributed by atoms with Gasteiger partial charge in [0.1, 0.15) is 11.4 Å². The van der Waals surface area contributed by atoms with Gasteiger partial charge in [-0.15, -0.1) is 0 Å². The fourth-order valence-electron chi connectivity index (χ4n) is 2.19. The predicted molar refractivity (Wildman–Crippen MR) is 95.8 cm³/mol. The van der Waals surface area contributed by atoms with Gasteiger partial charge in [0, 0.05) is 5.56 Å². The zero-order valence-electron chi connectivity index (χ0n) is 12.6. The number of rotatable bonds is 3. The fourth-order valence-corrected chi connectivity index (χ4v) is 2.68. The molecule has 24 heavy (non-hydrogen) atoms. The largest absolute Gasteiger partial charge is 0.359 e. The highest BCUT2D eigenvalue weighted by atomic mass is 35.5. The van der Waals surface area contributed by atoms with Crippen molar-refractivity contribution in [1.82, 2.24) is 5.16 Å². The average Bonchev–Trinajstić information content (AvgIpc) is 2.93. The Balaban J connectivity index is 1.84. The van der Waals surface area contributed by atoms with Gasteiger partial charge in [-0.3, -0.25) is 0 Å². The Kier molecular flexibility index (Phi) is 4.74. The smallest absolute Gasteiger partial charge is 0.323 e. The molecule has 0 saturated heterocycles. The van der Waals surface area contributed by atoms with Gasteiger partial charge >= 0.3 is 6.03 Å². The third kappa shape index (κ3) is 3.37. The Morgan fingerprint density at radius 2 is 1.58 bits per heavy atom. The van der Waals surface area contributed by atoms with Gasteiger partial charge in [0.15, 0.2) is 5.76 Å². The van der Waals surface area contributed by atoms with E-state index in [9.17, 15) is 4.79 Å². The number of aryl methyl sites for hydroxylation is 1. The van der Waals surface area contributed by atoms with Crippen LogP contribution in [0, 0.1) is 6.92 Å². The van der Waals surface area contributed by atoms with Crippen molar-refractivity contribution in [2.24, 2.45) is 0 Å². The fraction of sp³-hybridized carbons (Fsp3) is 0.0588. The number of amides is 2. The SMILES string of the molecule is Cc1onc(-c2ccccc2)c1NC(=O)Nc1c(Cl)cccc1Cl. The van der Waals surface area contributed by atoms with Crippen molar-refractivity contribution >= 4 is 40.6 Å². The number of para-hydroxylation sites is 1. The molecule has 0 unspecified atom stereocenters. The summed E-state index contributed by atoms with van der Waals surface area (Å²) in [7, 11) is 0. The van der Waals surface area contributed by atoms with Crippen molar-refractivity contribution in [3.05, 3.63) is 64.3 Å². The summed E-state index contributed by atoms with van der Waals surface area (Å²) in [5, 5.41) is 10.1. The molecule has 1 aromatic heterocycles. The monoisotopic (exact) mass is 361 g/mol. The van der Waals surface area contributed by atoms with E-state index in [1.54, 1.807) is 25.1 Å². The third-order valence-corrected chi connectivity index (χ3v) is 3.98. The van der Waals surface area contributed by atoms with E-state index in [-0.39, 0.29) is 0 Å². The van der Waals surface area contributed by atoms with Gasteiger partial charge in [0.25, 0.3) is 0 Å². The molecule has 3 rings (SSSR count). The molecule has 7 heteroatoms. The number of nitrogens with one attached hydrogen (secondary N) is 2. The summed E-state index contributed by atoms with van der Waals surface area (Å²) < 4.78 is 5.20. The molecule has 0 aliphatic carbocycles. The minimum Gasteiger partial charge on any atom is -0.359 e. The molecular weight excluding hydrogens is 349 g/mol. The highest BCUT2D eigenvalue weighted by Crippen LogP contribution is 2.32. The molecule has 2 aromatic carbocycles. The number of hydrogen-bond donors (Lipinski definition) is 2. The lowest BCUT2D eigenvalue weighted by Crippen LogP contribution is -2.20. The Hall–Kier alpha value is -2.50. The Morgan fingerprint density at radius 1 is 0.958 bits per heavy atom. The summed E-state index contributed by atoms with van der Waals surface area (Å²) >= 11 is 12.1. The summed E-state index contributed by atoms with van der Waals surface area (Å²) in [5.41, 5.74) is 2.21. The molecule has 2 N–H and O–H groups in total. The molecule has 0 atom stereocenters. The summed E-state index contributed by atoms with van der Waals surface area (Å²) in [6, 6.07) is 13.9. The summed E-state index contributed by atoms with van der Waals surface area (Å²) in [4.78, 5) is 12.3.